The number of ether oxygens (including phenoxy) is 1. The zero-order chi connectivity index (χ0) is 14.7. The molecule has 1 saturated heterocycles. The van der Waals surface area contributed by atoms with Crippen LogP contribution in [0.3, 0.4) is 0 Å². The van der Waals surface area contributed by atoms with Gasteiger partial charge in [-0.25, -0.2) is 0 Å². The summed E-state index contributed by atoms with van der Waals surface area (Å²) in [6.07, 6.45) is 4.08. The zero-order valence-corrected chi connectivity index (χ0v) is 12.2. The second kappa shape index (κ2) is 6.18. The average Bonchev–Trinajstić information content (AvgIpc) is 3.14. The summed E-state index contributed by atoms with van der Waals surface area (Å²) in [5.41, 5.74) is 1.73. The Morgan fingerprint density at radius 3 is 3.00 bits per heavy atom. The Balaban J connectivity index is 1.71. The molecule has 1 aliphatic rings. The lowest BCUT2D eigenvalue weighted by atomic mass is 10.2. The summed E-state index contributed by atoms with van der Waals surface area (Å²) < 4.78 is 12.6. The van der Waals surface area contributed by atoms with Crippen LogP contribution < -0.4 is 10.9 Å². The Kier molecular flexibility index (Phi) is 4.10. The van der Waals surface area contributed by atoms with Crippen LogP contribution in [-0.2, 0) is 11.3 Å². The van der Waals surface area contributed by atoms with E-state index < -0.39 is 0 Å². The molecule has 0 radical (unpaired) electrons. The van der Waals surface area contributed by atoms with Crippen molar-refractivity contribution in [3.63, 3.8) is 0 Å². The number of furan rings is 1. The van der Waals surface area contributed by atoms with Crippen LogP contribution in [0.15, 0.2) is 39.7 Å². The third-order valence-electron chi connectivity index (χ3n) is 3.79. The van der Waals surface area contributed by atoms with Gasteiger partial charge in [0.15, 0.2) is 0 Å². The molecule has 0 aromatic carbocycles. The number of nitrogens with zero attached hydrogens (tertiary/aromatic N) is 1. The van der Waals surface area contributed by atoms with E-state index in [2.05, 4.69) is 5.32 Å². The summed E-state index contributed by atoms with van der Waals surface area (Å²) in [4.78, 5) is 12.2. The molecule has 21 heavy (non-hydrogen) atoms. The highest BCUT2D eigenvalue weighted by Gasteiger charge is 2.15. The van der Waals surface area contributed by atoms with E-state index in [0.717, 1.165) is 43.1 Å². The first kappa shape index (κ1) is 13.9. The number of aryl methyl sites for hydroxylation is 1. The quantitative estimate of drug-likeness (QED) is 0.918. The van der Waals surface area contributed by atoms with Crippen molar-refractivity contribution >= 4 is 5.69 Å². The van der Waals surface area contributed by atoms with Crippen molar-refractivity contribution in [2.75, 3.05) is 18.5 Å². The summed E-state index contributed by atoms with van der Waals surface area (Å²) in [6.45, 7) is 3.99. The number of pyridine rings is 1. The van der Waals surface area contributed by atoms with Crippen molar-refractivity contribution in [3.8, 4) is 0 Å². The van der Waals surface area contributed by atoms with Gasteiger partial charge in [-0.1, -0.05) is 0 Å². The molecular weight excluding hydrogens is 268 g/mol. The van der Waals surface area contributed by atoms with Crippen LogP contribution in [-0.4, -0.2) is 23.8 Å². The maximum Gasteiger partial charge on any atom is 0.253 e. The van der Waals surface area contributed by atoms with E-state index in [1.54, 1.807) is 16.9 Å². The molecule has 0 spiro atoms. The Morgan fingerprint density at radius 2 is 2.33 bits per heavy atom. The SMILES string of the molecule is Cc1cc(NC[C@@H]2CCCO2)cc(=O)n1Cc1ccco1. The van der Waals surface area contributed by atoms with Gasteiger partial charge in [-0.05, 0) is 38.0 Å². The van der Waals surface area contributed by atoms with Gasteiger partial charge < -0.3 is 19.0 Å². The van der Waals surface area contributed by atoms with E-state index >= 15 is 0 Å². The minimum absolute atomic E-state index is 0.0266. The summed E-state index contributed by atoms with van der Waals surface area (Å²) >= 11 is 0. The fourth-order valence-electron chi connectivity index (χ4n) is 2.63. The number of nitrogens with one attached hydrogen (secondary N) is 1. The Hall–Kier alpha value is -2.01. The molecule has 3 rings (SSSR count). The van der Waals surface area contributed by atoms with Crippen molar-refractivity contribution in [2.24, 2.45) is 0 Å². The van der Waals surface area contributed by atoms with Crippen LogP contribution in [0.2, 0.25) is 0 Å². The molecule has 112 valence electrons. The molecule has 0 bridgehead atoms. The van der Waals surface area contributed by atoms with E-state index in [9.17, 15) is 4.79 Å². The molecular formula is C16H20N2O3. The third-order valence-corrected chi connectivity index (χ3v) is 3.79. The smallest absolute Gasteiger partial charge is 0.253 e. The molecule has 2 aromatic heterocycles. The highest BCUT2D eigenvalue weighted by Crippen LogP contribution is 2.14. The third kappa shape index (κ3) is 3.36. The zero-order valence-electron chi connectivity index (χ0n) is 12.2. The standard InChI is InChI=1S/C16H20N2O3/c1-12-8-13(17-10-14-4-2-6-20-14)9-16(19)18(12)11-15-5-3-7-21-15/h3,5,7-9,14,17H,2,4,6,10-11H2,1H3/t14-/m0/s1. The number of aromatic nitrogens is 1. The molecule has 2 aromatic rings. The van der Waals surface area contributed by atoms with Gasteiger partial charge in [-0.3, -0.25) is 4.79 Å². The van der Waals surface area contributed by atoms with Gasteiger partial charge in [-0.15, -0.1) is 0 Å². The van der Waals surface area contributed by atoms with E-state index in [1.165, 1.54) is 0 Å². The van der Waals surface area contributed by atoms with Gasteiger partial charge in [0.25, 0.3) is 5.56 Å². The lowest BCUT2D eigenvalue weighted by molar-refractivity contribution is 0.120. The molecule has 1 atom stereocenters. The number of hydrogen-bond donors (Lipinski definition) is 1. The van der Waals surface area contributed by atoms with Crippen molar-refractivity contribution in [1.82, 2.24) is 4.57 Å². The molecule has 0 unspecified atom stereocenters. The lowest BCUT2D eigenvalue weighted by Gasteiger charge is -2.14. The van der Waals surface area contributed by atoms with Crippen molar-refractivity contribution in [2.45, 2.75) is 32.4 Å². The minimum atomic E-state index is -0.0266. The maximum absolute atomic E-state index is 12.2. The molecule has 1 fully saturated rings. The van der Waals surface area contributed by atoms with E-state index in [-0.39, 0.29) is 11.7 Å². The van der Waals surface area contributed by atoms with E-state index in [0.29, 0.717) is 6.54 Å². The average molecular weight is 288 g/mol. The largest absolute Gasteiger partial charge is 0.467 e. The summed E-state index contributed by atoms with van der Waals surface area (Å²) in [6, 6.07) is 7.31. The van der Waals surface area contributed by atoms with Crippen LogP contribution in [0.25, 0.3) is 0 Å². The monoisotopic (exact) mass is 288 g/mol. The number of rotatable bonds is 5. The normalized spacial score (nSPS) is 18.0. The fourth-order valence-corrected chi connectivity index (χ4v) is 2.63. The Labute approximate surface area is 123 Å². The van der Waals surface area contributed by atoms with Gasteiger partial charge in [-0.2, -0.15) is 0 Å². The molecule has 5 nitrogen and oxygen atoms in total. The van der Waals surface area contributed by atoms with Crippen molar-refractivity contribution in [3.05, 3.63) is 52.3 Å². The van der Waals surface area contributed by atoms with Crippen molar-refractivity contribution < 1.29 is 9.15 Å². The Bertz CT molecular complexity index is 640. The van der Waals surface area contributed by atoms with Crippen LogP contribution in [0, 0.1) is 6.92 Å². The lowest BCUT2D eigenvalue weighted by Crippen LogP contribution is -2.24. The van der Waals surface area contributed by atoms with Crippen LogP contribution >= 0.6 is 0 Å². The molecule has 1 aliphatic heterocycles. The first-order valence-corrected chi connectivity index (χ1v) is 7.32. The summed E-state index contributed by atoms with van der Waals surface area (Å²) in [5.74, 6) is 0.778. The molecule has 0 aliphatic carbocycles. The topological polar surface area (TPSA) is 56.4 Å². The minimum Gasteiger partial charge on any atom is -0.467 e. The Morgan fingerprint density at radius 1 is 1.43 bits per heavy atom. The van der Waals surface area contributed by atoms with Gasteiger partial charge in [0.1, 0.15) is 5.76 Å². The predicted octanol–water partition coefficient (Wildman–Crippen LogP) is 2.39. The molecule has 5 heteroatoms. The van der Waals surface area contributed by atoms with Crippen molar-refractivity contribution in [1.29, 1.82) is 0 Å². The highest BCUT2D eigenvalue weighted by atomic mass is 16.5. The predicted molar refractivity (Wildman–Crippen MR) is 80.7 cm³/mol. The van der Waals surface area contributed by atoms with Crippen LogP contribution in [0.1, 0.15) is 24.3 Å². The first-order valence-electron chi connectivity index (χ1n) is 7.32. The van der Waals surface area contributed by atoms with Gasteiger partial charge >= 0.3 is 0 Å². The summed E-state index contributed by atoms with van der Waals surface area (Å²) in [7, 11) is 0. The molecule has 3 heterocycles. The second-order valence-corrected chi connectivity index (χ2v) is 5.41. The fraction of sp³-hybridized carbons (Fsp3) is 0.438. The number of hydrogen-bond acceptors (Lipinski definition) is 4. The first-order chi connectivity index (χ1) is 10.2. The van der Waals surface area contributed by atoms with Gasteiger partial charge in [0.05, 0.1) is 18.9 Å². The highest BCUT2D eigenvalue weighted by molar-refractivity contribution is 5.43. The van der Waals surface area contributed by atoms with Crippen LogP contribution in [0.5, 0.6) is 0 Å². The second-order valence-electron chi connectivity index (χ2n) is 5.41. The van der Waals surface area contributed by atoms with Gasteiger partial charge in [0, 0.05) is 30.6 Å². The van der Waals surface area contributed by atoms with E-state index in [1.807, 2.05) is 25.1 Å². The molecule has 0 amide bonds. The molecule has 0 saturated carbocycles. The maximum atomic E-state index is 12.2. The number of anilines is 1. The van der Waals surface area contributed by atoms with Crippen LogP contribution in [0.4, 0.5) is 5.69 Å². The van der Waals surface area contributed by atoms with E-state index in [4.69, 9.17) is 9.15 Å². The summed E-state index contributed by atoms with van der Waals surface area (Å²) in [5, 5.41) is 3.29. The van der Waals surface area contributed by atoms with Gasteiger partial charge in [0.2, 0.25) is 0 Å². The molecule has 1 N–H and O–H groups in total.